The molecule has 0 aliphatic heterocycles. The summed E-state index contributed by atoms with van der Waals surface area (Å²) in [6.45, 7) is 1.77. The molecule has 0 heterocycles. The van der Waals surface area contributed by atoms with Crippen molar-refractivity contribution in [3.63, 3.8) is 0 Å². The molecular formula is C18H20FNO4. The summed E-state index contributed by atoms with van der Waals surface area (Å²) in [6, 6.07) is 10.1. The first-order valence-electron chi connectivity index (χ1n) is 7.42. The highest BCUT2D eigenvalue weighted by Gasteiger charge is 2.22. The van der Waals surface area contributed by atoms with Crippen molar-refractivity contribution >= 4 is 5.91 Å². The van der Waals surface area contributed by atoms with Crippen molar-refractivity contribution in [1.29, 1.82) is 0 Å². The Bertz CT molecular complexity index is 703. The zero-order valence-electron chi connectivity index (χ0n) is 13.7. The molecule has 2 rings (SSSR count). The van der Waals surface area contributed by atoms with Gasteiger partial charge >= 0.3 is 0 Å². The number of amides is 1. The molecule has 2 aromatic carbocycles. The topological polar surface area (TPSA) is 67.8 Å². The number of benzene rings is 2. The standard InChI is InChI=1S/C18H20FNO4/c1-11(17(24-3)12-4-7-14(23-2)8-5-12)20-18(22)15-10-13(19)6-9-16(15)21/h4-11,17,21H,1-3H3,(H,20,22). The molecule has 5 nitrogen and oxygen atoms in total. The lowest BCUT2D eigenvalue weighted by atomic mass is 10.0. The predicted molar refractivity (Wildman–Crippen MR) is 87.7 cm³/mol. The van der Waals surface area contributed by atoms with Gasteiger partial charge in [-0.25, -0.2) is 4.39 Å². The third-order valence-corrected chi connectivity index (χ3v) is 3.71. The highest BCUT2D eigenvalue weighted by Crippen LogP contribution is 2.24. The number of hydrogen-bond donors (Lipinski definition) is 2. The summed E-state index contributed by atoms with van der Waals surface area (Å²) >= 11 is 0. The van der Waals surface area contributed by atoms with Crippen LogP contribution in [0.15, 0.2) is 42.5 Å². The lowest BCUT2D eigenvalue weighted by Gasteiger charge is -2.24. The number of nitrogens with one attached hydrogen (secondary N) is 1. The van der Waals surface area contributed by atoms with Gasteiger partial charge in [-0.15, -0.1) is 0 Å². The van der Waals surface area contributed by atoms with E-state index in [-0.39, 0.29) is 11.3 Å². The van der Waals surface area contributed by atoms with E-state index in [2.05, 4.69) is 5.32 Å². The number of aromatic hydroxyl groups is 1. The Hall–Kier alpha value is -2.60. The molecule has 0 bridgehead atoms. The molecule has 1 amide bonds. The van der Waals surface area contributed by atoms with Gasteiger partial charge < -0.3 is 19.9 Å². The van der Waals surface area contributed by atoms with Crippen molar-refractivity contribution in [3.8, 4) is 11.5 Å². The van der Waals surface area contributed by atoms with Crippen molar-refractivity contribution in [2.24, 2.45) is 0 Å². The second kappa shape index (κ2) is 7.79. The third kappa shape index (κ3) is 4.02. The van der Waals surface area contributed by atoms with Gasteiger partial charge in [0.2, 0.25) is 0 Å². The predicted octanol–water partition coefficient (Wildman–Crippen LogP) is 3.05. The second-order valence-corrected chi connectivity index (χ2v) is 5.35. The summed E-state index contributed by atoms with van der Waals surface area (Å²) in [5.41, 5.74) is 0.737. The van der Waals surface area contributed by atoms with Gasteiger partial charge in [-0.3, -0.25) is 4.79 Å². The highest BCUT2D eigenvalue weighted by molar-refractivity contribution is 5.97. The van der Waals surface area contributed by atoms with Crippen LogP contribution in [0.5, 0.6) is 11.5 Å². The molecule has 0 aliphatic carbocycles. The van der Waals surface area contributed by atoms with E-state index in [1.165, 1.54) is 7.11 Å². The van der Waals surface area contributed by atoms with Crippen LogP contribution in [0.25, 0.3) is 0 Å². The Morgan fingerprint density at radius 2 is 1.83 bits per heavy atom. The average Bonchev–Trinajstić information content (AvgIpc) is 2.58. The first kappa shape index (κ1) is 17.7. The number of methoxy groups -OCH3 is 2. The summed E-state index contributed by atoms with van der Waals surface area (Å²) in [4.78, 5) is 12.3. The number of carbonyl (C=O) groups excluding carboxylic acids is 1. The fraction of sp³-hybridized carbons (Fsp3) is 0.278. The SMILES string of the molecule is COc1ccc(C(OC)C(C)NC(=O)c2cc(F)ccc2O)cc1. The molecule has 0 aliphatic rings. The average molecular weight is 333 g/mol. The minimum Gasteiger partial charge on any atom is -0.507 e. The molecule has 24 heavy (non-hydrogen) atoms. The number of ether oxygens (including phenoxy) is 2. The normalized spacial score (nSPS) is 13.2. The monoisotopic (exact) mass is 333 g/mol. The molecule has 0 aromatic heterocycles. The molecule has 2 atom stereocenters. The molecule has 2 N–H and O–H groups in total. The van der Waals surface area contributed by atoms with Crippen LogP contribution in [0.2, 0.25) is 0 Å². The number of carbonyl (C=O) groups is 1. The Morgan fingerprint density at radius 1 is 1.17 bits per heavy atom. The summed E-state index contributed by atoms with van der Waals surface area (Å²) < 4.78 is 23.9. The third-order valence-electron chi connectivity index (χ3n) is 3.71. The maximum atomic E-state index is 13.3. The number of phenolic OH excluding ortho intramolecular Hbond substituents is 1. The van der Waals surface area contributed by atoms with Crippen LogP contribution in [-0.4, -0.2) is 31.3 Å². The Morgan fingerprint density at radius 3 is 2.42 bits per heavy atom. The molecule has 2 aromatic rings. The van der Waals surface area contributed by atoms with Gasteiger partial charge in [-0.05, 0) is 42.8 Å². The van der Waals surface area contributed by atoms with E-state index >= 15 is 0 Å². The van der Waals surface area contributed by atoms with Gasteiger partial charge in [-0.2, -0.15) is 0 Å². The van der Waals surface area contributed by atoms with Crippen LogP contribution in [0.3, 0.4) is 0 Å². The number of phenols is 1. The van der Waals surface area contributed by atoms with E-state index in [9.17, 15) is 14.3 Å². The quantitative estimate of drug-likeness (QED) is 0.853. The van der Waals surface area contributed by atoms with Crippen LogP contribution >= 0.6 is 0 Å². The van der Waals surface area contributed by atoms with E-state index in [1.54, 1.807) is 26.2 Å². The van der Waals surface area contributed by atoms with Crippen molar-refractivity contribution < 1.29 is 23.8 Å². The number of rotatable bonds is 6. The van der Waals surface area contributed by atoms with Crippen molar-refractivity contribution in [2.75, 3.05) is 14.2 Å². The fourth-order valence-corrected chi connectivity index (χ4v) is 2.47. The van der Waals surface area contributed by atoms with Gasteiger partial charge in [0.25, 0.3) is 5.91 Å². The maximum absolute atomic E-state index is 13.3. The van der Waals surface area contributed by atoms with Crippen molar-refractivity contribution in [3.05, 3.63) is 59.4 Å². The van der Waals surface area contributed by atoms with Crippen molar-refractivity contribution in [2.45, 2.75) is 19.1 Å². The van der Waals surface area contributed by atoms with Crippen LogP contribution in [-0.2, 0) is 4.74 Å². The molecule has 2 unspecified atom stereocenters. The smallest absolute Gasteiger partial charge is 0.255 e. The van der Waals surface area contributed by atoms with Crippen LogP contribution < -0.4 is 10.1 Å². The van der Waals surface area contributed by atoms with Gasteiger partial charge in [0, 0.05) is 7.11 Å². The summed E-state index contributed by atoms with van der Waals surface area (Å²) in [6.07, 6.45) is -0.407. The fourth-order valence-electron chi connectivity index (χ4n) is 2.47. The van der Waals surface area contributed by atoms with Gasteiger partial charge in [-0.1, -0.05) is 12.1 Å². The molecule has 128 valence electrons. The Labute approximate surface area is 140 Å². The number of halogens is 1. The van der Waals surface area contributed by atoms with Crippen molar-refractivity contribution in [1.82, 2.24) is 5.32 Å². The zero-order valence-corrected chi connectivity index (χ0v) is 13.7. The maximum Gasteiger partial charge on any atom is 0.255 e. The van der Waals surface area contributed by atoms with Gasteiger partial charge in [0.15, 0.2) is 0 Å². The van der Waals surface area contributed by atoms with Crippen LogP contribution in [0.4, 0.5) is 4.39 Å². The molecular weight excluding hydrogens is 313 g/mol. The lowest BCUT2D eigenvalue weighted by Crippen LogP contribution is -2.37. The molecule has 0 saturated carbocycles. The second-order valence-electron chi connectivity index (χ2n) is 5.35. The summed E-state index contributed by atoms with van der Waals surface area (Å²) in [5.74, 6) is -0.728. The highest BCUT2D eigenvalue weighted by atomic mass is 19.1. The molecule has 0 fully saturated rings. The zero-order chi connectivity index (χ0) is 17.7. The minimum atomic E-state index is -0.593. The van der Waals surface area contributed by atoms with Gasteiger partial charge in [0.05, 0.1) is 18.7 Å². The first-order chi connectivity index (χ1) is 11.5. The van der Waals surface area contributed by atoms with E-state index < -0.39 is 23.9 Å². The van der Waals surface area contributed by atoms with E-state index in [0.717, 1.165) is 29.5 Å². The largest absolute Gasteiger partial charge is 0.507 e. The molecule has 0 saturated heterocycles. The van der Waals surface area contributed by atoms with E-state index in [0.29, 0.717) is 0 Å². The first-order valence-corrected chi connectivity index (χ1v) is 7.42. The van der Waals surface area contributed by atoms with Crippen LogP contribution in [0.1, 0.15) is 28.9 Å². The molecule has 0 radical (unpaired) electrons. The van der Waals surface area contributed by atoms with E-state index in [4.69, 9.17) is 9.47 Å². The lowest BCUT2D eigenvalue weighted by molar-refractivity contribution is 0.0643. The summed E-state index contributed by atoms with van der Waals surface area (Å²) in [7, 11) is 3.12. The van der Waals surface area contributed by atoms with Gasteiger partial charge in [0.1, 0.15) is 23.4 Å². The molecule has 0 spiro atoms. The van der Waals surface area contributed by atoms with Crippen LogP contribution in [0, 0.1) is 5.82 Å². The number of hydrogen-bond acceptors (Lipinski definition) is 4. The van der Waals surface area contributed by atoms with E-state index in [1.807, 2.05) is 12.1 Å². The molecule has 6 heteroatoms. The Balaban J connectivity index is 2.14. The Kier molecular flexibility index (Phi) is 5.76. The summed E-state index contributed by atoms with van der Waals surface area (Å²) in [5, 5.41) is 12.4. The minimum absolute atomic E-state index is 0.119.